The topological polar surface area (TPSA) is 53.8 Å². The first-order valence-corrected chi connectivity index (χ1v) is 11.2. The summed E-state index contributed by atoms with van der Waals surface area (Å²) in [7, 11) is -1.31. The number of benzene rings is 2. The zero-order valence-corrected chi connectivity index (χ0v) is 17.7. The third-order valence-electron chi connectivity index (χ3n) is 4.96. The molecule has 4 rings (SSSR count). The Kier molecular flexibility index (Phi) is 6.20. The van der Waals surface area contributed by atoms with Crippen LogP contribution in [-0.4, -0.2) is 41.2 Å². The molecule has 30 heavy (non-hydrogen) atoms. The molecule has 0 spiro atoms. The van der Waals surface area contributed by atoms with Crippen LogP contribution in [0.5, 0.6) is 0 Å². The molecule has 5 nitrogen and oxygen atoms in total. The summed E-state index contributed by atoms with van der Waals surface area (Å²) in [5.74, 6) is 0.447. The third-order valence-corrected chi connectivity index (χ3v) is 6.52. The number of piperazine rings is 1. The number of hydrogen-bond acceptors (Lipinski definition) is 4. The molecule has 1 atom stereocenters. The molecule has 1 fully saturated rings. The molecule has 156 valence electrons. The number of halogens is 2. The van der Waals surface area contributed by atoms with E-state index in [4.69, 9.17) is 16.0 Å². The lowest BCUT2D eigenvalue weighted by molar-refractivity contribution is 0.0713. The standard InChI is InChI=1S/C22H20ClFN2O3S/c23-16-2-1-3-20(14-16)30(28)15-19-8-9-21(29-19)22(27)26-12-10-25(11-13-26)18-6-4-17(24)5-7-18/h1-9,14H,10-13,15H2/t30-/m1/s1. The second-order valence-corrected chi connectivity index (χ2v) is 8.86. The van der Waals surface area contributed by atoms with Gasteiger partial charge in [-0.05, 0) is 54.6 Å². The van der Waals surface area contributed by atoms with Crippen LogP contribution >= 0.6 is 11.6 Å². The molecule has 8 heteroatoms. The van der Waals surface area contributed by atoms with Crippen molar-refractivity contribution < 1.29 is 17.8 Å². The van der Waals surface area contributed by atoms with Crippen LogP contribution < -0.4 is 4.90 Å². The Hall–Kier alpha value is -2.64. The van der Waals surface area contributed by atoms with Crippen LogP contribution in [0.3, 0.4) is 0 Å². The highest BCUT2D eigenvalue weighted by molar-refractivity contribution is 7.84. The predicted octanol–water partition coefficient (Wildman–Crippen LogP) is 4.34. The predicted molar refractivity (Wildman–Crippen MR) is 115 cm³/mol. The van der Waals surface area contributed by atoms with Gasteiger partial charge < -0.3 is 14.2 Å². The minimum Gasteiger partial charge on any atom is -0.455 e. The second-order valence-electron chi connectivity index (χ2n) is 6.97. The Morgan fingerprint density at radius 1 is 1.03 bits per heavy atom. The van der Waals surface area contributed by atoms with E-state index in [1.165, 1.54) is 12.1 Å². The Labute approximate surface area is 181 Å². The van der Waals surface area contributed by atoms with Crippen LogP contribution in [0.25, 0.3) is 0 Å². The van der Waals surface area contributed by atoms with Gasteiger partial charge in [-0.3, -0.25) is 9.00 Å². The number of carbonyl (C=O) groups is 1. The fourth-order valence-corrected chi connectivity index (χ4v) is 4.69. The van der Waals surface area contributed by atoms with E-state index in [0.717, 1.165) is 5.69 Å². The van der Waals surface area contributed by atoms with Gasteiger partial charge in [0.05, 0.1) is 16.6 Å². The average molecular weight is 447 g/mol. The Bertz CT molecular complexity index is 1060. The first kappa shape index (κ1) is 20.6. The van der Waals surface area contributed by atoms with E-state index in [2.05, 4.69) is 4.90 Å². The van der Waals surface area contributed by atoms with E-state index in [-0.39, 0.29) is 23.2 Å². The Morgan fingerprint density at radius 2 is 1.77 bits per heavy atom. The van der Waals surface area contributed by atoms with Gasteiger partial charge in [-0.1, -0.05) is 17.7 Å². The third kappa shape index (κ3) is 4.74. The molecule has 1 aliphatic heterocycles. The van der Waals surface area contributed by atoms with Crippen molar-refractivity contribution in [1.82, 2.24) is 4.90 Å². The fourth-order valence-electron chi connectivity index (χ4n) is 3.37. The Balaban J connectivity index is 1.35. The lowest BCUT2D eigenvalue weighted by Gasteiger charge is -2.35. The lowest BCUT2D eigenvalue weighted by atomic mass is 10.2. The molecule has 1 saturated heterocycles. The summed E-state index contributed by atoms with van der Waals surface area (Å²) in [4.78, 5) is 17.2. The summed E-state index contributed by atoms with van der Waals surface area (Å²) in [6.07, 6.45) is 0. The van der Waals surface area contributed by atoms with Crippen molar-refractivity contribution >= 4 is 34.0 Å². The number of nitrogens with zero attached hydrogens (tertiary/aromatic N) is 2. The van der Waals surface area contributed by atoms with Crippen LogP contribution in [0.4, 0.5) is 10.1 Å². The van der Waals surface area contributed by atoms with Crippen molar-refractivity contribution in [3.63, 3.8) is 0 Å². The molecule has 0 N–H and O–H groups in total. The number of hydrogen-bond donors (Lipinski definition) is 0. The second kappa shape index (κ2) is 9.02. The summed E-state index contributed by atoms with van der Waals surface area (Å²) in [6, 6.07) is 16.5. The largest absolute Gasteiger partial charge is 0.455 e. The molecule has 0 aliphatic carbocycles. The number of carbonyl (C=O) groups excluding carboxylic acids is 1. The molecule has 1 aromatic heterocycles. The molecular weight excluding hydrogens is 427 g/mol. The zero-order valence-electron chi connectivity index (χ0n) is 16.1. The minimum absolute atomic E-state index is 0.173. The quantitative estimate of drug-likeness (QED) is 0.585. The van der Waals surface area contributed by atoms with Gasteiger partial charge in [0.15, 0.2) is 5.76 Å². The highest BCUT2D eigenvalue weighted by Crippen LogP contribution is 2.21. The SMILES string of the molecule is O=C(c1ccc(C[S@@](=O)c2cccc(Cl)c2)o1)N1CCN(c2ccc(F)cc2)CC1. The molecule has 1 amide bonds. The van der Waals surface area contributed by atoms with Crippen molar-refractivity contribution in [3.8, 4) is 0 Å². The van der Waals surface area contributed by atoms with Gasteiger partial charge >= 0.3 is 0 Å². The molecule has 0 radical (unpaired) electrons. The maximum atomic E-state index is 13.1. The fraction of sp³-hybridized carbons (Fsp3) is 0.227. The molecule has 0 unspecified atom stereocenters. The zero-order chi connectivity index (χ0) is 21.1. The van der Waals surface area contributed by atoms with E-state index < -0.39 is 10.8 Å². The van der Waals surface area contributed by atoms with Crippen LogP contribution in [0, 0.1) is 5.82 Å². The molecular formula is C22H20ClFN2O3S. The number of furan rings is 1. The summed E-state index contributed by atoms with van der Waals surface area (Å²) < 4.78 is 31.3. The monoisotopic (exact) mass is 446 g/mol. The average Bonchev–Trinajstić information content (AvgIpc) is 3.22. The van der Waals surface area contributed by atoms with Crippen molar-refractivity contribution in [2.75, 3.05) is 31.1 Å². The summed E-state index contributed by atoms with van der Waals surface area (Å²) in [5.41, 5.74) is 0.937. The minimum atomic E-state index is -1.31. The van der Waals surface area contributed by atoms with Gasteiger partial charge in [0.2, 0.25) is 0 Å². The van der Waals surface area contributed by atoms with E-state index >= 15 is 0 Å². The maximum Gasteiger partial charge on any atom is 0.289 e. The van der Waals surface area contributed by atoms with E-state index in [9.17, 15) is 13.4 Å². The molecule has 0 saturated carbocycles. The number of amides is 1. The number of rotatable bonds is 5. The first-order chi connectivity index (χ1) is 14.5. The van der Waals surface area contributed by atoms with Gasteiger partial charge in [0.1, 0.15) is 11.6 Å². The highest BCUT2D eigenvalue weighted by atomic mass is 35.5. The molecule has 1 aliphatic rings. The molecule has 2 heterocycles. The first-order valence-electron chi connectivity index (χ1n) is 9.52. The van der Waals surface area contributed by atoms with Gasteiger partial charge in [-0.2, -0.15) is 0 Å². The van der Waals surface area contributed by atoms with Crippen LogP contribution in [-0.2, 0) is 16.6 Å². The van der Waals surface area contributed by atoms with E-state index in [1.54, 1.807) is 53.4 Å². The normalized spacial score (nSPS) is 15.3. The smallest absolute Gasteiger partial charge is 0.289 e. The maximum absolute atomic E-state index is 13.1. The van der Waals surface area contributed by atoms with Crippen molar-refractivity contribution in [2.45, 2.75) is 10.6 Å². The van der Waals surface area contributed by atoms with Gasteiger partial charge in [0, 0.05) is 41.8 Å². The van der Waals surface area contributed by atoms with Gasteiger partial charge in [-0.25, -0.2) is 4.39 Å². The summed E-state index contributed by atoms with van der Waals surface area (Å²) >= 11 is 5.95. The summed E-state index contributed by atoms with van der Waals surface area (Å²) in [5, 5.41) is 0.524. The van der Waals surface area contributed by atoms with Crippen LogP contribution in [0.1, 0.15) is 16.3 Å². The van der Waals surface area contributed by atoms with Crippen LogP contribution in [0.15, 0.2) is 70.0 Å². The van der Waals surface area contributed by atoms with E-state index in [1.807, 2.05) is 0 Å². The molecule has 2 aromatic carbocycles. The molecule has 0 bridgehead atoms. The van der Waals surface area contributed by atoms with Crippen molar-refractivity contribution in [1.29, 1.82) is 0 Å². The van der Waals surface area contributed by atoms with Crippen molar-refractivity contribution in [2.24, 2.45) is 0 Å². The van der Waals surface area contributed by atoms with Crippen molar-refractivity contribution in [3.05, 3.63) is 83.0 Å². The summed E-state index contributed by atoms with van der Waals surface area (Å²) in [6.45, 7) is 2.40. The van der Waals surface area contributed by atoms with Gasteiger partial charge in [-0.15, -0.1) is 0 Å². The van der Waals surface area contributed by atoms with E-state index in [0.29, 0.717) is 41.9 Å². The Morgan fingerprint density at radius 3 is 2.47 bits per heavy atom. The van der Waals surface area contributed by atoms with Gasteiger partial charge in [0.25, 0.3) is 5.91 Å². The molecule has 3 aromatic rings. The number of anilines is 1. The lowest BCUT2D eigenvalue weighted by Crippen LogP contribution is -2.48. The van der Waals surface area contributed by atoms with Crippen LogP contribution in [0.2, 0.25) is 5.02 Å². The highest BCUT2D eigenvalue weighted by Gasteiger charge is 2.24.